The minimum atomic E-state index is -0.116. The van der Waals surface area contributed by atoms with Gasteiger partial charge in [0, 0.05) is 5.56 Å². The first kappa shape index (κ1) is 13.9. The lowest BCUT2D eigenvalue weighted by Gasteiger charge is -2.12. The molecule has 1 aromatic heterocycles. The maximum Gasteiger partial charge on any atom is 0.151 e. The first-order chi connectivity index (χ1) is 9.56. The molecule has 0 aliphatic heterocycles. The Balaban J connectivity index is 2.61. The van der Waals surface area contributed by atoms with E-state index in [0.29, 0.717) is 17.4 Å². The molecule has 4 heteroatoms. The van der Waals surface area contributed by atoms with Crippen molar-refractivity contribution >= 4 is 0 Å². The van der Waals surface area contributed by atoms with E-state index in [0.717, 1.165) is 11.1 Å². The highest BCUT2D eigenvalue weighted by atomic mass is 16.5. The molecule has 1 heterocycles. The van der Waals surface area contributed by atoms with Crippen molar-refractivity contribution in [2.45, 2.75) is 19.8 Å². The van der Waals surface area contributed by atoms with E-state index in [1.54, 1.807) is 13.2 Å². The van der Waals surface area contributed by atoms with Crippen molar-refractivity contribution in [3.8, 4) is 28.8 Å². The Labute approximate surface area is 118 Å². The van der Waals surface area contributed by atoms with Gasteiger partial charge in [-0.15, -0.1) is 0 Å². The second-order valence-electron chi connectivity index (χ2n) is 4.81. The smallest absolute Gasteiger partial charge is 0.151 e. The van der Waals surface area contributed by atoms with Gasteiger partial charge in [-0.2, -0.15) is 5.26 Å². The lowest BCUT2D eigenvalue weighted by Crippen LogP contribution is -1.95. The number of benzene rings is 1. The zero-order valence-corrected chi connectivity index (χ0v) is 11.7. The lowest BCUT2D eigenvalue weighted by atomic mass is 9.98. The summed E-state index contributed by atoms with van der Waals surface area (Å²) in [5, 5.41) is 18.5. The predicted octanol–water partition coefficient (Wildman–Crippen LogP) is 3.46. The van der Waals surface area contributed by atoms with E-state index in [1.807, 2.05) is 24.3 Å². The van der Waals surface area contributed by atoms with Crippen LogP contribution >= 0.6 is 0 Å². The van der Waals surface area contributed by atoms with Crippen molar-refractivity contribution in [3.05, 3.63) is 41.6 Å². The molecule has 0 fully saturated rings. The largest absolute Gasteiger partial charge is 0.505 e. The van der Waals surface area contributed by atoms with Gasteiger partial charge in [-0.3, -0.25) is 4.98 Å². The first-order valence-corrected chi connectivity index (χ1v) is 6.34. The summed E-state index contributed by atoms with van der Waals surface area (Å²) < 4.78 is 5.35. The van der Waals surface area contributed by atoms with Crippen LogP contribution < -0.4 is 4.74 Å². The summed E-state index contributed by atoms with van der Waals surface area (Å²) in [5.74, 6) is 0.957. The normalized spacial score (nSPS) is 10.3. The van der Waals surface area contributed by atoms with Gasteiger partial charge in [-0.1, -0.05) is 19.9 Å². The number of hydrogen-bond acceptors (Lipinski definition) is 4. The molecule has 0 atom stereocenters. The van der Waals surface area contributed by atoms with E-state index in [-0.39, 0.29) is 11.3 Å². The van der Waals surface area contributed by atoms with Gasteiger partial charge in [0.1, 0.15) is 11.8 Å². The number of methoxy groups -OCH3 is 1. The van der Waals surface area contributed by atoms with Crippen LogP contribution in [-0.2, 0) is 0 Å². The Bertz CT molecular complexity index is 673. The second-order valence-corrected chi connectivity index (χ2v) is 4.81. The predicted molar refractivity (Wildman–Crippen MR) is 76.7 cm³/mol. The summed E-state index contributed by atoms with van der Waals surface area (Å²) in [4.78, 5) is 4.19. The highest BCUT2D eigenvalue weighted by Crippen LogP contribution is 2.33. The van der Waals surface area contributed by atoms with Crippen LogP contribution in [0.5, 0.6) is 11.5 Å². The second kappa shape index (κ2) is 5.62. The molecule has 0 saturated carbocycles. The van der Waals surface area contributed by atoms with Crippen LogP contribution in [0.15, 0.2) is 30.5 Å². The molecular weight excluding hydrogens is 252 g/mol. The van der Waals surface area contributed by atoms with Gasteiger partial charge >= 0.3 is 0 Å². The van der Waals surface area contributed by atoms with Crippen molar-refractivity contribution < 1.29 is 9.84 Å². The number of aromatic nitrogens is 1. The van der Waals surface area contributed by atoms with E-state index in [1.165, 1.54) is 6.20 Å². The van der Waals surface area contributed by atoms with Gasteiger partial charge in [-0.25, -0.2) is 0 Å². The van der Waals surface area contributed by atoms with E-state index < -0.39 is 0 Å². The average molecular weight is 268 g/mol. The lowest BCUT2D eigenvalue weighted by molar-refractivity contribution is 0.416. The molecule has 0 unspecified atom stereocenters. The molecule has 0 bridgehead atoms. The third-order valence-corrected chi connectivity index (χ3v) is 3.17. The standard InChI is InChI=1S/C16H16N2O2/c1-10(2)11-4-5-16(20-3)13(6-11)14-7-12(8-17)15(19)9-18-14/h4-7,9-10,19H,1-3H3. The van der Waals surface area contributed by atoms with E-state index in [9.17, 15) is 5.11 Å². The van der Waals surface area contributed by atoms with Crippen LogP contribution in [-0.4, -0.2) is 17.2 Å². The molecule has 1 N–H and O–H groups in total. The molecule has 4 nitrogen and oxygen atoms in total. The number of hydrogen-bond donors (Lipinski definition) is 1. The molecule has 102 valence electrons. The fraction of sp³-hybridized carbons (Fsp3) is 0.250. The fourth-order valence-corrected chi connectivity index (χ4v) is 1.97. The molecule has 0 saturated heterocycles. The number of nitrogens with zero attached hydrogens (tertiary/aromatic N) is 2. The van der Waals surface area contributed by atoms with Gasteiger partial charge in [0.25, 0.3) is 0 Å². The maximum absolute atomic E-state index is 9.53. The van der Waals surface area contributed by atoms with E-state index >= 15 is 0 Å². The molecule has 2 rings (SSSR count). The van der Waals surface area contributed by atoms with Crippen molar-refractivity contribution in [1.82, 2.24) is 4.98 Å². The van der Waals surface area contributed by atoms with Crippen LogP contribution in [0, 0.1) is 11.3 Å². The number of nitriles is 1. The van der Waals surface area contributed by atoms with Gasteiger partial charge in [-0.05, 0) is 29.7 Å². The molecular formula is C16H16N2O2. The summed E-state index contributed by atoms with van der Waals surface area (Å²) in [6.07, 6.45) is 1.29. The Hall–Kier alpha value is -2.54. The summed E-state index contributed by atoms with van der Waals surface area (Å²) in [6.45, 7) is 4.22. The summed E-state index contributed by atoms with van der Waals surface area (Å²) >= 11 is 0. The van der Waals surface area contributed by atoms with Crippen LogP contribution in [0.4, 0.5) is 0 Å². The zero-order chi connectivity index (χ0) is 14.7. The first-order valence-electron chi connectivity index (χ1n) is 6.34. The van der Waals surface area contributed by atoms with E-state index in [2.05, 4.69) is 18.8 Å². The van der Waals surface area contributed by atoms with Crippen LogP contribution in [0.2, 0.25) is 0 Å². The number of aromatic hydroxyl groups is 1. The van der Waals surface area contributed by atoms with Crippen LogP contribution in [0.3, 0.4) is 0 Å². The van der Waals surface area contributed by atoms with Crippen molar-refractivity contribution in [1.29, 1.82) is 5.26 Å². The number of pyridine rings is 1. The molecule has 20 heavy (non-hydrogen) atoms. The molecule has 0 aliphatic rings. The van der Waals surface area contributed by atoms with Crippen LogP contribution in [0.25, 0.3) is 11.3 Å². The Kier molecular flexibility index (Phi) is 3.90. The van der Waals surface area contributed by atoms with Crippen LogP contribution in [0.1, 0.15) is 30.9 Å². The quantitative estimate of drug-likeness (QED) is 0.925. The molecule has 1 aromatic carbocycles. The van der Waals surface area contributed by atoms with E-state index in [4.69, 9.17) is 10.00 Å². The minimum Gasteiger partial charge on any atom is -0.505 e. The molecule has 0 aliphatic carbocycles. The topological polar surface area (TPSA) is 66.1 Å². The molecule has 0 radical (unpaired) electrons. The summed E-state index contributed by atoms with van der Waals surface area (Å²) in [7, 11) is 1.60. The molecule has 2 aromatic rings. The molecule has 0 spiro atoms. The number of ether oxygens (including phenoxy) is 1. The SMILES string of the molecule is COc1ccc(C(C)C)cc1-c1cc(C#N)c(O)cn1. The summed E-state index contributed by atoms with van der Waals surface area (Å²) in [6, 6.07) is 9.43. The zero-order valence-electron chi connectivity index (χ0n) is 11.7. The highest BCUT2D eigenvalue weighted by molar-refractivity contribution is 5.70. The third-order valence-electron chi connectivity index (χ3n) is 3.17. The Morgan fingerprint density at radius 1 is 1.30 bits per heavy atom. The van der Waals surface area contributed by atoms with Gasteiger partial charge in [0.15, 0.2) is 5.75 Å². The average Bonchev–Trinajstić information content (AvgIpc) is 2.47. The molecule has 0 amide bonds. The fourth-order valence-electron chi connectivity index (χ4n) is 1.97. The Morgan fingerprint density at radius 3 is 2.65 bits per heavy atom. The van der Waals surface area contributed by atoms with Crippen molar-refractivity contribution in [2.75, 3.05) is 7.11 Å². The van der Waals surface area contributed by atoms with Crippen molar-refractivity contribution in [2.24, 2.45) is 0 Å². The highest BCUT2D eigenvalue weighted by Gasteiger charge is 2.12. The van der Waals surface area contributed by atoms with Gasteiger partial charge in [0.2, 0.25) is 0 Å². The monoisotopic (exact) mass is 268 g/mol. The van der Waals surface area contributed by atoms with Gasteiger partial charge < -0.3 is 9.84 Å². The minimum absolute atomic E-state index is 0.116. The maximum atomic E-state index is 9.53. The third kappa shape index (κ3) is 2.57. The summed E-state index contributed by atoms with van der Waals surface area (Å²) in [5.41, 5.74) is 2.79. The van der Waals surface area contributed by atoms with Crippen molar-refractivity contribution in [3.63, 3.8) is 0 Å². The van der Waals surface area contributed by atoms with Gasteiger partial charge in [0.05, 0.1) is 24.6 Å². The Morgan fingerprint density at radius 2 is 2.05 bits per heavy atom. The number of rotatable bonds is 3.